The Bertz CT molecular complexity index is 457. The summed E-state index contributed by atoms with van der Waals surface area (Å²) in [6, 6.07) is 5.05. The molecule has 1 atom stereocenters. The number of benzene rings is 1. The van der Waals surface area contributed by atoms with Crippen LogP contribution in [-0.4, -0.2) is 23.3 Å². The van der Waals surface area contributed by atoms with Crippen molar-refractivity contribution in [1.82, 2.24) is 0 Å². The van der Waals surface area contributed by atoms with E-state index in [-0.39, 0.29) is 6.42 Å². The predicted molar refractivity (Wildman–Crippen MR) is 73.6 cm³/mol. The number of carboxylic acid groups (broad SMARTS) is 1. The summed E-state index contributed by atoms with van der Waals surface area (Å²) in [6.45, 7) is 3.63. The highest BCUT2D eigenvalue weighted by molar-refractivity contribution is 6.32. The molecule has 0 aliphatic rings. The fraction of sp³-hybridized carbons (Fsp3) is 0.500. The first-order valence-corrected chi connectivity index (χ1v) is 6.36. The van der Waals surface area contributed by atoms with E-state index in [9.17, 15) is 9.90 Å². The van der Waals surface area contributed by atoms with Gasteiger partial charge in [-0.3, -0.25) is 4.79 Å². The van der Waals surface area contributed by atoms with E-state index in [4.69, 9.17) is 21.4 Å². The van der Waals surface area contributed by atoms with Gasteiger partial charge in [0.1, 0.15) is 5.75 Å². The smallest absolute Gasteiger partial charge is 0.303 e. The number of aliphatic carboxylic acids is 1. The van der Waals surface area contributed by atoms with Crippen LogP contribution in [0.4, 0.5) is 0 Å². The van der Waals surface area contributed by atoms with Crippen LogP contribution < -0.4 is 4.74 Å². The van der Waals surface area contributed by atoms with Crippen LogP contribution in [0, 0.1) is 5.41 Å². The first-order chi connectivity index (χ1) is 8.75. The Hall–Kier alpha value is -1.26. The minimum Gasteiger partial charge on any atom is -0.495 e. The van der Waals surface area contributed by atoms with Crippen LogP contribution >= 0.6 is 11.6 Å². The molecule has 0 amide bonds. The molecule has 0 saturated carbocycles. The van der Waals surface area contributed by atoms with Gasteiger partial charge in [0.05, 0.1) is 24.7 Å². The molecule has 0 aliphatic heterocycles. The molecule has 1 aromatic rings. The van der Waals surface area contributed by atoms with Crippen molar-refractivity contribution < 1.29 is 19.7 Å². The lowest BCUT2D eigenvalue weighted by Gasteiger charge is -2.26. The van der Waals surface area contributed by atoms with Gasteiger partial charge in [0.15, 0.2) is 0 Å². The second-order valence-electron chi connectivity index (χ2n) is 5.35. The lowest BCUT2D eigenvalue weighted by Crippen LogP contribution is -2.20. The van der Waals surface area contributed by atoms with Crippen LogP contribution in [0.15, 0.2) is 18.2 Å². The van der Waals surface area contributed by atoms with Gasteiger partial charge < -0.3 is 14.9 Å². The van der Waals surface area contributed by atoms with Crippen molar-refractivity contribution in [3.8, 4) is 5.75 Å². The van der Waals surface area contributed by atoms with Gasteiger partial charge in [0.25, 0.3) is 0 Å². The van der Waals surface area contributed by atoms with E-state index >= 15 is 0 Å². The van der Waals surface area contributed by atoms with E-state index in [0.717, 1.165) is 0 Å². The Kier molecular flexibility index (Phi) is 5.20. The highest BCUT2D eigenvalue weighted by atomic mass is 35.5. The molecule has 0 aromatic heterocycles. The van der Waals surface area contributed by atoms with Crippen molar-refractivity contribution in [2.45, 2.75) is 32.8 Å². The van der Waals surface area contributed by atoms with Gasteiger partial charge in [-0.15, -0.1) is 0 Å². The molecule has 5 heteroatoms. The zero-order valence-corrected chi connectivity index (χ0v) is 12.1. The Morgan fingerprint density at radius 1 is 1.47 bits per heavy atom. The molecule has 2 N–H and O–H groups in total. The summed E-state index contributed by atoms with van der Waals surface area (Å²) in [6.07, 6.45) is -0.395. The highest BCUT2D eigenvalue weighted by Gasteiger charge is 2.26. The first-order valence-electron chi connectivity index (χ1n) is 5.98. The molecule has 0 bridgehead atoms. The van der Waals surface area contributed by atoms with Gasteiger partial charge in [0, 0.05) is 0 Å². The highest BCUT2D eigenvalue weighted by Crippen LogP contribution is 2.35. The number of hydrogen-bond donors (Lipinski definition) is 2. The number of carboxylic acids is 1. The molecule has 106 valence electrons. The Labute approximate surface area is 118 Å². The van der Waals surface area contributed by atoms with Crippen LogP contribution in [0.5, 0.6) is 5.75 Å². The van der Waals surface area contributed by atoms with E-state index in [2.05, 4.69) is 0 Å². The van der Waals surface area contributed by atoms with Crippen molar-refractivity contribution in [2.75, 3.05) is 7.11 Å². The maximum atomic E-state index is 10.8. The van der Waals surface area contributed by atoms with Gasteiger partial charge in [-0.2, -0.15) is 0 Å². The summed E-state index contributed by atoms with van der Waals surface area (Å²) in [5.74, 6) is -0.327. The van der Waals surface area contributed by atoms with Crippen LogP contribution in [0.1, 0.15) is 38.4 Å². The second kappa shape index (κ2) is 6.26. The predicted octanol–water partition coefficient (Wildman–Crippen LogP) is 3.27. The van der Waals surface area contributed by atoms with Gasteiger partial charge in [0.2, 0.25) is 0 Å². The number of rotatable bonds is 6. The monoisotopic (exact) mass is 286 g/mol. The quantitative estimate of drug-likeness (QED) is 0.842. The Balaban J connectivity index is 2.80. The van der Waals surface area contributed by atoms with E-state index in [1.807, 2.05) is 13.8 Å². The van der Waals surface area contributed by atoms with Gasteiger partial charge >= 0.3 is 5.97 Å². The molecular weight excluding hydrogens is 268 g/mol. The molecule has 4 nitrogen and oxygen atoms in total. The Morgan fingerprint density at radius 3 is 2.58 bits per heavy atom. The summed E-state index contributed by atoms with van der Waals surface area (Å²) in [5, 5.41) is 19.4. The van der Waals surface area contributed by atoms with E-state index in [1.165, 1.54) is 7.11 Å². The lowest BCUT2D eigenvalue weighted by atomic mass is 9.82. The number of carbonyl (C=O) groups is 1. The second-order valence-corrected chi connectivity index (χ2v) is 5.76. The average Bonchev–Trinajstić information content (AvgIpc) is 2.26. The van der Waals surface area contributed by atoms with Crippen LogP contribution in [0.25, 0.3) is 0 Å². The molecule has 0 spiro atoms. The third-order valence-corrected chi connectivity index (χ3v) is 3.23. The normalized spacial score (nSPS) is 13.1. The molecule has 0 saturated heterocycles. The van der Waals surface area contributed by atoms with Crippen LogP contribution in [0.2, 0.25) is 5.02 Å². The molecule has 0 heterocycles. The topological polar surface area (TPSA) is 66.8 Å². The summed E-state index contributed by atoms with van der Waals surface area (Å²) < 4.78 is 5.04. The zero-order chi connectivity index (χ0) is 14.6. The minimum atomic E-state index is -0.870. The SMILES string of the molecule is COc1ccc(C(O)CC(C)(C)CC(=O)O)cc1Cl. The molecule has 0 fully saturated rings. The first kappa shape index (κ1) is 15.8. The zero-order valence-electron chi connectivity index (χ0n) is 11.3. The summed E-state index contributed by atoms with van der Waals surface area (Å²) >= 11 is 6.00. The number of ether oxygens (including phenoxy) is 1. The van der Waals surface area contributed by atoms with Gasteiger partial charge in [-0.25, -0.2) is 0 Å². The fourth-order valence-corrected chi connectivity index (χ4v) is 2.28. The maximum absolute atomic E-state index is 10.8. The van der Waals surface area contributed by atoms with Gasteiger partial charge in [-0.1, -0.05) is 31.5 Å². The van der Waals surface area contributed by atoms with Gasteiger partial charge in [-0.05, 0) is 29.5 Å². The number of methoxy groups -OCH3 is 1. The summed E-state index contributed by atoms with van der Waals surface area (Å²) in [7, 11) is 1.52. The number of aliphatic hydroxyl groups excluding tert-OH is 1. The third-order valence-electron chi connectivity index (χ3n) is 2.94. The van der Waals surface area contributed by atoms with Crippen molar-refractivity contribution >= 4 is 17.6 Å². The number of halogens is 1. The summed E-state index contributed by atoms with van der Waals surface area (Å²) in [5.41, 5.74) is 0.168. The number of aliphatic hydroxyl groups is 1. The number of hydrogen-bond acceptors (Lipinski definition) is 3. The van der Waals surface area contributed by atoms with E-state index in [1.54, 1.807) is 18.2 Å². The molecule has 1 unspecified atom stereocenters. The molecule has 0 radical (unpaired) electrons. The maximum Gasteiger partial charge on any atom is 0.303 e. The van der Waals surface area contributed by atoms with Crippen LogP contribution in [-0.2, 0) is 4.79 Å². The molecule has 0 aliphatic carbocycles. The third kappa shape index (κ3) is 4.73. The van der Waals surface area contributed by atoms with Crippen molar-refractivity contribution in [3.05, 3.63) is 28.8 Å². The van der Waals surface area contributed by atoms with Crippen molar-refractivity contribution in [3.63, 3.8) is 0 Å². The fourth-order valence-electron chi connectivity index (χ4n) is 2.01. The average molecular weight is 287 g/mol. The van der Waals surface area contributed by atoms with E-state index < -0.39 is 17.5 Å². The standard InChI is InChI=1S/C14H19ClO4/c1-14(2,8-13(17)18)7-11(16)9-4-5-12(19-3)10(15)6-9/h4-6,11,16H,7-8H2,1-3H3,(H,17,18). The minimum absolute atomic E-state index is 0.00788. The summed E-state index contributed by atoms with van der Waals surface area (Å²) in [4.78, 5) is 10.8. The lowest BCUT2D eigenvalue weighted by molar-refractivity contribution is -0.139. The molecule has 1 rings (SSSR count). The van der Waals surface area contributed by atoms with Crippen molar-refractivity contribution in [2.24, 2.45) is 5.41 Å². The Morgan fingerprint density at radius 2 is 2.11 bits per heavy atom. The van der Waals surface area contributed by atoms with Crippen molar-refractivity contribution in [1.29, 1.82) is 0 Å². The van der Waals surface area contributed by atoms with Crippen LogP contribution in [0.3, 0.4) is 0 Å². The molecule has 1 aromatic carbocycles. The van der Waals surface area contributed by atoms with E-state index in [0.29, 0.717) is 22.8 Å². The largest absolute Gasteiger partial charge is 0.495 e. The molecular formula is C14H19ClO4. The molecule has 19 heavy (non-hydrogen) atoms.